The predicted molar refractivity (Wildman–Crippen MR) is 87.1 cm³/mol. The van der Waals surface area contributed by atoms with Gasteiger partial charge in [-0.1, -0.05) is 0 Å². The highest BCUT2D eigenvalue weighted by atomic mass is 32.2. The number of hydrogen-bond acceptors (Lipinski definition) is 5. The Labute approximate surface area is 131 Å². The normalized spacial score (nSPS) is 18.2. The summed E-state index contributed by atoms with van der Waals surface area (Å²) in [5, 5.41) is 0. The number of nitrogens with zero attached hydrogens (tertiary/aromatic N) is 1. The Kier molecular flexibility index (Phi) is 6.19. The van der Waals surface area contributed by atoms with Gasteiger partial charge >= 0.3 is 0 Å². The molecular formula is C14H25N3O2S2. The largest absolute Gasteiger partial charge is 0.330 e. The Morgan fingerprint density at radius 3 is 2.76 bits per heavy atom. The molecule has 0 spiro atoms. The molecule has 2 heterocycles. The van der Waals surface area contributed by atoms with Crippen LogP contribution in [0.15, 0.2) is 16.3 Å². The maximum absolute atomic E-state index is 12.2. The predicted octanol–water partition coefficient (Wildman–Crippen LogP) is 1.26. The molecule has 1 aromatic rings. The average Bonchev–Trinajstić information content (AvgIpc) is 2.91. The minimum absolute atomic E-state index is 0.398. The van der Waals surface area contributed by atoms with Crippen LogP contribution in [0.4, 0.5) is 0 Å². The summed E-state index contributed by atoms with van der Waals surface area (Å²) in [7, 11) is -1.22. The van der Waals surface area contributed by atoms with Gasteiger partial charge in [0.15, 0.2) is 0 Å². The summed E-state index contributed by atoms with van der Waals surface area (Å²) in [6.07, 6.45) is 3.99. The standard InChI is InChI=1S/C14H25N3O2S2/c1-17-10-6-12(7-11-17)5-9-16-21(18,19)14-3-2-13(20-14)4-8-15/h2-3,12,16H,4-11,15H2,1H3. The maximum atomic E-state index is 12.2. The van der Waals surface area contributed by atoms with E-state index in [1.807, 2.05) is 6.07 Å². The van der Waals surface area contributed by atoms with E-state index in [4.69, 9.17) is 5.73 Å². The summed E-state index contributed by atoms with van der Waals surface area (Å²) < 4.78 is 27.5. The first-order valence-corrected chi connectivity index (χ1v) is 9.78. The van der Waals surface area contributed by atoms with Crippen LogP contribution < -0.4 is 10.5 Å². The van der Waals surface area contributed by atoms with Gasteiger partial charge in [0.2, 0.25) is 10.0 Å². The fourth-order valence-electron chi connectivity index (χ4n) is 2.60. The maximum Gasteiger partial charge on any atom is 0.250 e. The Hall–Kier alpha value is -0.470. The smallest absolute Gasteiger partial charge is 0.250 e. The van der Waals surface area contributed by atoms with Crippen molar-refractivity contribution in [2.45, 2.75) is 29.9 Å². The second kappa shape index (κ2) is 7.69. The van der Waals surface area contributed by atoms with E-state index in [2.05, 4.69) is 16.7 Å². The van der Waals surface area contributed by atoms with E-state index in [1.165, 1.54) is 11.3 Å². The van der Waals surface area contributed by atoms with Crippen LogP contribution in [0.3, 0.4) is 0 Å². The van der Waals surface area contributed by atoms with E-state index >= 15 is 0 Å². The lowest BCUT2D eigenvalue weighted by Crippen LogP contribution is -2.32. The van der Waals surface area contributed by atoms with Gasteiger partial charge in [-0.2, -0.15) is 0 Å². The van der Waals surface area contributed by atoms with Crippen molar-refractivity contribution in [3.8, 4) is 0 Å². The first-order chi connectivity index (χ1) is 10.0. The van der Waals surface area contributed by atoms with Crippen molar-refractivity contribution >= 4 is 21.4 Å². The molecule has 0 bridgehead atoms. The average molecular weight is 332 g/mol. The lowest BCUT2D eigenvalue weighted by atomic mass is 9.94. The van der Waals surface area contributed by atoms with Crippen LogP contribution in [0, 0.1) is 5.92 Å². The number of likely N-dealkylation sites (tertiary alicyclic amines) is 1. The second-order valence-electron chi connectivity index (χ2n) is 5.69. The zero-order valence-electron chi connectivity index (χ0n) is 12.5. The molecule has 5 nitrogen and oxygen atoms in total. The molecule has 1 saturated heterocycles. The summed E-state index contributed by atoms with van der Waals surface area (Å²) in [4.78, 5) is 3.35. The van der Waals surface area contributed by atoms with Crippen LogP contribution in [-0.2, 0) is 16.4 Å². The van der Waals surface area contributed by atoms with E-state index in [-0.39, 0.29) is 0 Å². The molecule has 1 aliphatic rings. The van der Waals surface area contributed by atoms with Crippen molar-refractivity contribution in [2.75, 3.05) is 33.2 Å². The quantitative estimate of drug-likeness (QED) is 0.789. The molecule has 0 saturated carbocycles. The van der Waals surface area contributed by atoms with Gasteiger partial charge in [-0.15, -0.1) is 11.3 Å². The monoisotopic (exact) mass is 331 g/mol. The zero-order chi connectivity index (χ0) is 15.3. The highest BCUT2D eigenvalue weighted by Gasteiger charge is 2.19. The van der Waals surface area contributed by atoms with Crippen molar-refractivity contribution in [3.05, 3.63) is 17.0 Å². The van der Waals surface area contributed by atoms with Crippen LogP contribution in [-0.4, -0.2) is 46.5 Å². The van der Waals surface area contributed by atoms with Gasteiger partial charge in [-0.05, 0) is 70.4 Å². The molecule has 1 aromatic heterocycles. The Bertz CT molecular complexity index is 534. The Balaban J connectivity index is 1.80. The third-order valence-corrected chi connectivity index (χ3v) is 7.07. The summed E-state index contributed by atoms with van der Waals surface area (Å²) in [6, 6.07) is 3.52. The summed E-state index contributed by atoms with van der Waals surface area (Å²) in [6.45, 7) is 3.31. The molecule has 0 aliphatic carbocycles. The van der Waals surface area contributed by atoms with Crippen LogP contribution >= 0.6 is 11.3 Å². The molecule has 1 aliphatic heterocycles. The van der Waals surface area contributed by atoms with Crippen molar-refractivity contribution in [2.24, 2.45) is 11.7 Å². The SMILES string of the molecule is CN1CCC(CCNS(=O)(=O)c2ccc(CCN)s2)CC1. The van der Waals surface area contributed by atoms with E-state index in [9.17, 15) is 8.42 Å². The van der Waals surface area contributed by atoms with Crippen LogP contribution in [0.2, 0.25) is 0 Å². The van der Waals surface area contributed by atoms with Crippen molar-refractivity contribution in [1.29, 1.82) is 0 Å². The minimum atomic E-state index is -3.35. The fraction of sp³-hybridized carbons (Fsp3) is 0.714. The van der Waals surface area contributed by atoms with Crippen molar-refractivity contribution in [3.63, 3.8) is 0 Å². The van der Waals surface area contributed by atoms with E-state index in [1.54, 1.807) is 6.07 Å². The molecular weight excluding hydrogens is 306 g/mol. The zero-order valence-corrected chi connectivity index (χ0v) is 14.2. The third kappa shape index (κ3) is 5.03. The Morgan fingerprint density at radius 1 is 1.38 bits per heavy atom. The topological polar surface area (TPSA) is 75.4 Å². The van der Waals surface area contributed by atoms with Gasteiger partial charge in [-0.25, -0.2) is 13.1 Å². The van der Waals surface area contributed by atoms with Gasteiger partial charge in [0.25, 0.3) is 0 Å². The summed E-state index contributed by atoms with van der Waals surface area (Å²) in [5.74, 6) is 0.639. The number of rotatable bonds is 7. The molecule has 2 rings (SSSR count). The molecule has 0 amide bonds. The first kappa shape index (κ1) is 16.9. The van der Waals surface area contributed by atoms with Crippen LogP contribution in [0.5, 0.6) is 0 Å². The molecule has 3 N–H and O–H groups in total. The van der Waals surface area contributed by atoms with Gasteiger partial charge in [-0.3, -0.25) is 0 Å². The van der Waals surface area contributed by atoms with Crippen molar-refractivity contribution < 1.29 is 8.42 Å². The molecule has 7 heteroatoms. The minimum Gasteiger partial charge on any atom is -0.330 e. The fourth-order valence-corrected chi connectivity index (χ4v) is 5.06. The van der Waals surface area contributed by atoms with Gasteiger partial charge in [0.05, 0.1) is 0 Å². The number of hydrogen-bond donors (Lipinski definition) is 2. The summed E-state index contributed by atoms with van der Waals surface area (Å²) >= 11 is 1.31. The second-order valence-corrected chi connectivity index (χ2v) is 8.85. The number of thiophene rings is 1. The van der Waals surface area contributed by atoms with Gasteiger partial charge in [0, 0.05) is 11.4 Å². The van der Waals surface area contributed by atoms with Crippen molar-refractivity contribution in [1.82, 2.24) is 9.62 Å². The van der Waals surface area contributed by atoms with E-state index in [0.29, 0.717) is 23.2 Å². The first-order valence-electron chi connectivity index (χ1n) is 7.48. The molecule has 0 aromatic carbocycles. The number of sulfonamides is 1. The van der Waals surface area contributed by atoms with Gasteiger partial charge in [0.1, 0.15) is 4.21 Å². The molecule has 120 valence electrons. The van der Waals surface area contributed by atoms with E-state index in [0.717, 1.165) is 43.6 Å². The molecule has 0 radical (unpaired) electrons. The molecule has 0 atom stereocenters. The van der Waals surface area contributed by atoms with Gasteiger partial charge < -0.3 is 10.6 Å². The highest BCUT2D eigenvalue weighted by Crippen LogP contribution is 2.22. The molecule has 21 heavy (non-hydrogen) atoms. The van der Waals surface area contributed by atoms with Crippen LogP contribution in [0.1, 0.15) is 24.1 Å². The number of piperidine rings is 1. The lowest BCUT2D eigenvalue weighted by Gasteiger charge is -2.28. The summed E-state index contributed by atoms with van der Waals surface area (Å²) in [5.41, 5.74) is 5.49. The Morgan fingerprint density at radius 2 is 2.10 bits per heavy atom. The van der Waals surface area contributed by atoms with Crippen LogP contribution in [0.25, 0.3) is 0 Å². The lowest BCUT2D eigenvalue weighted by molar-refractivity contribution is 0.213. The third-order valence-electron chi connectivity index (χ3n) is 3.98. The molecule has 0 unspecified atom stereocenters. The molecule has 1 fully saturated rings. The number of nitrogens with two attached hydrogens (primary N) is 1. The van der Waals surface area contributed by atoms with E-state index < -0.39 is 10.0 Å². The number of nitrogens with one attached hydrogen (secondary N) is 1. The highest BCUT2D eigenvalue weighted by molar-refractivity contribution is 7.91.